The van der Waals surface area contributed by atoms with Crippen LogP contribution in [0.5, 0.6) is 0 Å². The van der Waals surface area contributed by atoms with Crippen LogP contribution in [0.1, 0.15) is 46.0 Å². The molecule has 11 heteroatoms. The number of halogens is 2. The minimum Gasteiger partial charge on any atom is -0.459 e. The number of ketones is 1. The van der Waals surface area contributed by atoms with Gasteiger partial charge in [-0.3, -0.25) is 14.1 Å². The van der Waals surface area contributed by atoms with Crippen molar-refractivity contribution in [2.24, 2.45) is 23.2 Å². The molecule has 158 valence electrons. The molecule has 2 unspecified atom stereocenters. The zero-order valence-electron chi connectivity index (χ0n) is 15.4. The Balaban J connectivity index is 1.64. The molecule has 0 radical (unpaired) electrons. The molecule has 0 aromatic carbocycles. The highest BCUT2D eigenvalue weighted by atomic mass is 32.2. The SMILES string of the molecule is CC(C)(COC(=O)C(F)(F)S(=O)(=O)O)C(=O)OC12CC3CC(C1)C(=O)C(C3)C2. The Hall–Kier alpha value is -1.62. The number of carbonyl (C=O) groups is 3. The van der Waals surface area contributed by atoms with Crippen molar-refractivity contribution >= 4 is 27.8 Å². The summed E-state index contributed by atoms with van der Waals surface area (Å²) < 4.78 is 66.1. The van der Waals surface area contributed by atoms with Crippen molar-refractivity contribution in [2.45, 2.75) is 56.8 Å². The summed E-state index contributed by atoms with van der Waals surface area (Å²) in [4.78, 5) is 36.2. The van der Waals surface area contributed by atoms with Crippen LogP contribution in [0.4, 0.5) is 8.78 Å². The molecule has 1 N–H and O–H groups in total. The van der Waals surface area contributed by atoms with E-state index in [1.165, 1.54) is 13.8 Å². The van der Waals surface area contributed by atoms with Crippen LogP contribution in [0.2, 0.25) is 0 Å². The first kappa shape index (κ1) is 21.1. The molecule has 0 spiro atoms. The average Bonchev–Trinajstić information content (AvgIpc) is 2.55. The van der Waals surface area contributed by atoms with Gasteiger partial charge < -0.3 is 9.47 Å². The van der Waals surface area contributed by atoms with Gasteiger partial charge >= 0.3 is 27.3 Å². The maximum absolute atomic E-state index is 13.3. The standard InChI is InChI=1S/C17H22F2O8S/c1-15(2,8-26-14(22)17(18,19)28(23,24)25)13(21)27-16-5-9-3-10(6-16)12(20)11(4-9)7-16/h9-11H,3-8H2,1-2H3,(H,23,24,25). The number of rotatable bonds is 6. The molecular formula is C17H22F2O8S. The van der Waals surface area contributed by atoms with Crippen LogP contribution >= 0.6 is 0 Å². The smallest absolute Gasteiger partial charge is 0.459 e. The van der Waals surface area contributed by atoms with Gasteiger partial charge in [0.1, 0.15) is 18.0 Å². The maximum atomic E-state index is 13.3. The van der Waals surface area contributed by atoms with Gasteiger partial charge in [0.05, 0.1) is 5.41 Å². The molecule has 0 aromatic heterocycles. The molecule has 28 heavy (non-hydrogen) atoms. The first-order chi connectivity index (χ1) is 12.7. The Labute approximate surface area is 160 Å². The summed E-state index contributed by atoms with van der Waals surface area (Å²) in [5, 5.41) is -5.13. The van der Waals surface area contributed by atoms with Crippen molar-refractivity contribution in [3.63, 3.8) is 0 Å². The number of esters is 2. The monoisotopic (exact) mass is 424 g/mol. The second-order valence-electron chi connectivity index (χ2n) is 8.77. The molecule has 4 fully saturated rings. The van der Waals surface area contributed by atoms with Gasteiger partial charge in [0.2, 0.25) is 0 Å². The minimum atomic E-state index is -5.99. The first-order valence-corrected chi connectivity index (χ1v) is 10.4. The fourth-order valence-corrected chi connectivity index (χ4v) is 4.90. The van der Waals surface area contributed by atoms with E-state index >= 15 is 0 Å². The van der Waals surface area contributed by atoms with Crippen LogP contribution < -0.4 is 0 Å². The number of carbonyl (C=O) groups excluding carboxylic acids is 3. The second kappa shape index (κ2) is 6.45. The predicted molar refractivity (Wildman–Crippen MR) is 88.6 cm³/mol. The van der Waals surface area contributed by atoms with Crippen LogP contribution in [0.3, 0.4) is 0 Å². The van der Waals surface area contributed by atoms with Gasteiger partial charge in [0.15, 0.2) is 0 Å². The summed E-state index contributed by atoms with van der Waals surface area (Å²) >= 11 is 0. The molecule has 8 nitrogen and oxygen atoms in total. The van der Waals surface area contributed by atoms with Crippen LogP contribution in [-0.2, 0) is 34.0 Å². The van der Waals surface area contributed by atoms with E-state index in [9.17, 15) is 31.6 Å². The lowest BCUT2D eigenvalue weighted by atomic mass is 9.53. The van der Waals surface area contributed by atoms with Crippen molar-refractivity contribution in [2.75, 3.05) is 6.61 Å². The molecule has 0 heterocycles. The topological polar surface area (TPSA) is 124 Å². The molecule has 0 aliphatic heterocycles. The zero-order valence-corrected chi connectivity index (χ0v) is 16.3. The van der Waals surface area contributed by atoms with Gasteiger partial charge in [0.25, 0.3) is 0 Å². The number of hydrogen-bond acceptors (Lipinski definition) is 7. The highest BCUT2D eigenvalue weighted by molar-refractivity contribution is 7.87. The quantitative estimate of drug-likeness (QED) is 0.505. The highest BCUT2D eigenvalue weighted by Gasteiger charge is 2.58. The van der Waals surface area contributed by atoms with Crippen molar-refractivity contribution in [1.29, 1.82) is 0 Å². The van der Waals surface area contributed by atoms with Crippen LogP contribution in [0.15, 0.2) is 0 Å². The molecule has 4 aliphatic carbocycles. The summed E-state index contributed by atoms with van der Waals surface area (Å²) in [6.07, 6.45) is 3.08. The molecule has 0 amide bonds. The van der Waals surface area contributed by atoms with Crippen molar-refractivity contribution in [3.8, 4) is 0 Å². The van der Waals surface area contributed by atoms with E-state index in [1.54, 1.807) is 0 Å². The van der Waals surface area contributed by atoms with Crippen LogP contribution in [0.25, 0.3) is 0 Å². The lowest BCUT2D eigenvalue weighted by molar-refractivity contribution is -0.200. The van der Waals surface area contributed by atoms with Gasteiger partial charge in [-0.05, 0) is 51.9 Å². The van der Waals surface area contributed by atoms with Crippen LogP contribution in [-0.4, -0.2) is 48.2 Å². The van der Waals surface area contributed by atoms with Gasteiger partial charge in [-0.15, -0.1) is 0 Å². The van der Waals surface area contributed by atoms with Crippen molar-refractivity contribution in [1.82, 2.24) is 0 Å². The summed E-state index contributed by atoms with van der Waals surface area (Å²) in [7, 11) is -5.99. The Morgan fingerprint density at radius 1 is 1.14 bits per heavy atom. The maximum Gasteiger partial charge on any atom is 0.465 e. The van der Waals surface area contributed by atoms with E-state index in [-0.39, 0.29) is 17.6 Å². The van der Waals surface area contributed by atoms with E-state index in [4.69, 9.17) is 9.29 Å². The lowest BCUT2D eigenvalue weighted by Gasteiger charge is -2.55. The van der Waals surface area contributed by atoms with E-state index < -0.39 is 44.9 Å². The van der Waals surface area contributed by atoms with Gasteiger partial charge in [-0.2, -0.15) is 17.2 Å². The molecule has 0 saturated heterocycles. The fraction of sp³-hybridized carbons (Fsp3) is 0.824. The summed E-state index contributed by atoms with van der Waals surface area (Å²) in [6, 6.07) is 0. The predicted octanol–water partition coefficient (Wildman–Crippen LogP) is 1.73. The van der Waals surface area contributed by atoms with Gasteiger partial charge in [-0.1, -0.05) is 0 Å². The third-order valence-corrected chi connectivity index (χ3v) is 6.74. The second-order valence-corrected chi connectivity index (χ2v) is 10.2. The number of alkyl halides is 2. The highest BCUT2D eigenvalue weighted by Crippen LogP contribution is 2.56. The average molecular weight is 424 g/mol. The Kier molecular flexibility index (Phi) is 4.86. The summed E-state index contributed by atoms with van der Waals surface area (Å²) in [6.45, 7) is 1.75. The van der Waals surface area contributed by atoms with E-state index in [2.05, 4.69) is 4.74 Å². The molecule has 4 rings (SSSR count). The number of ether oxygens (including phenoxy) is 2. The Bertz CT molecular complexity index is 801. The van der Waals surface area contributed by atoms with Crippen molar-refractivity contribution in [3.05, 3.63) is 0 Å². The summed E-state index contributed by atoms with van der Waals surface area (Å²) in [5.74, 6) is -3.01. The Morgan fingerprint density at radius 3 is 2.18 bits per heavy atom. The molecular weight excluding hydrogens is 402 g/mol. The third kappa shape index (κ3) is 3.54. The molecule has 4 aliphatic rings. The van der Waals surface area contributed by atoms with E-state index in [0.29, 0.717) is 25.2 Å². The zero-order chi connectivity index (χ0) is 21.1. The molecule has 0 aromatic rings. The largest absolute Gasteiger partial charge is 0.465 e. The first-order valence-electron chi connectivity index (χ1n) is 8.96. The van der Waals surface area contributed by atoms with E-state index in [1.807, 2.05) is 0 Å². The summed E-state index contributed by atoms with van der Waals surface area (Å²) in [5.41, 5.74) is -2.31. The van der Waals surface area contributed by atoms with E-state index in [0.717, 1.165) is 12.8 Å². The number of Topliss-reactive ketones (excluding diaryl/α,β-unsaturated/α-hetero) is 1. The fourth-order valence-electron chi connectivity index (χ4n) is 4.63. The molecule has 2 atom stereocenters. The normalized spacial score (nSPS) is 32.3. The molecule has 4 saturated carbocycles. The number of hydrogen-bond donors (Lipinski definition) is 1. The van der Waals surface area contributed by atoms with Crippen molar-refractivity contribution < 1.29 is 45.6 Å². The van der Waals surface area contributed by atoms with Gasteiger partial charge in [-0.25, -0.2) is 4.79 Å². The lowest BCUT2D eigenvalue weighted by Crippen LogP contribution is -2.57. The van der Waals surface area contributed by atoms with Crippen LogP contribution in [0, 0.1) is 23.2 Å². The minimum absolute atomic E-state index is 0.131. The molecule has 4 bridgehead atoms. The third-order valence-electron chi connectivity index (χ3n) is 5.93. The van der Waals surface area contributed by atoms with Gasteiger partial charge in [0, 0.05) is 11.8 Å². The Morgan fingerprint density at radius 2 is 1.68 bits per heavy atom.